The lowest BCUT2D eigenvalue weighted by Crippen LogP contribution is -2.34. The number of anilines is 2. The minimum atomic E-state index is -0.576. The molecule has 4 rings (SSSR count). The SMILES string of the molecule is Cc1ncc(N(C)C[C@@]2(c3cccc(F)c3)CC2C(=O)Nc2cc(C)c(F)cn2)c(C)n1. The third kappa shape index (κ3) is 4.17. The maximum Gasteiger partial charge on any atom is 0.229 e. The number of hydrogen-bond acceptors (Lipinski definition) is 5. The van der Waals surface area contributed by atoms with E-state index in [2.05, 4.69) is 20.3 Å². The Morgan fingerprint density at radius 1 is 1.19 bits per heavy atom. The largest absolute Gasteiger partial charge is 0.371 e. The lowest BCUT2D eigenvalue weighted by atomic mass is 9.91. The molecule has 1 N–H and O–H groups in total. The second-order valence-electron chi connectivity index (χ2n) is 8.48. The van der Waals surface area contributed by atoms with E-state index in [1.165, 1.54) is 18.2 Å². The van der Waals surface area contributed by atoms with Gasteiger partial charge in [0.15, 0.2) is 0 Å². The average molecular weight is 437 g/mol. The lowest BCUT2D eigenvalue weighted by Gasteiger charge is -2.28. The smallest absolute Gasteiger partial charge is 0.229 e. The van der Waals surface area contributed by atoms with Crippen molar-refractivity contribution in [2.24, 2.45) is 5.92 Å². The van der Waals surface area contributed by atoms with E-state index >= 15 is 0 Å². The highest BCUT2D eigenvalue weighted by Crippen LogP contribution is 2.55. The van der Waals surface area contributed by atoms with Gasteiger partial charge in [-0.1, -0.05) is 12.1 Å². The average Bonchev–Trinajstić information content (AvgIpc) is 3.46. The van der Waals surface area contributed by atoms with Gasteiger partial charge in [-0.2, -0.15) is 0 Å². The summed E-state index contributed by atoms with van der Waals surface area (Å²) in [4.78, 5) is 27.8. The molecule has 2 atom stereocenters. The van der Waals surface area contributed by atoms with Crippen LogP contribution in [0.15, 0.2) is 42.7 Å². The summed E-state index contributed by atoms with van der Waals surface area (Å²) >= 11 is 0. The molecule has 1 aliphatic rings. The molecule has 0 spiro atoms. The van der Waals surface area contributed by atoms with Crippen LogP contribution in [0.25, 0.3) is 0 Å². The van der Waals surface area contributed by atoms with Crippen LogP contribution in [0, 0.1) is 38.3 Å². The summed E-state index contributed by atoms with van der Waals surface area (Å²) in [6, 6.07) is 7.88. The molecule has 1 aliphatic carbocycles. The zero-order valence-electron chi connectivity index (χ0n) is 18.5. The third-order valence-electron chi connectivity index (χ3n) is 6.09. The zero-order chi connectivity index (χ0) is 23.0. The van der Waals surface area contributed by atoms with Crippen LogP contribution >= 0.6 is 0 Å². The summed E-state index contributed by atoms with van der Waals surface area (Å²) in [7, 11) is 1.92. The molecule has 0 radical (unpaired) electrons. The molecule has 0 aliphatic heterocycles. The summed E-state index contributed by atoms with van der Waals surface area (Å²) in [6.07, 6.45) is 3.41. The van der Waals surface area contributed by atoms with Gasteiger partial charge in [-0.15, -0.1) is 0 Å². The number of likely N-dealkylation sites (N-methyl/N-ethyl adjacent to an activating group) is 1. The molecule has 1 fully saturated rings. The Balaban J connectivity index is 1.61. The number of carbonyl (C=O) groups is 1. The van der Waals surface area contributed by atoms with Crippen molar-refractivity contribution in [2.75, 3.05) is 23.8 Å². The number of benzene rings is 1. The number of pyridine rings is 1. The predicted molar refractivity (Wildman–Crippen MR) is 119 cm³/mol. The normalized spacial score (nSPS) is 19.5. The quantitative estimate of drug-likeness (QED) is 0.629. The van der Waals surface area contributed by atoms with E-state index in [9.17, 15) is 13.6 Å². The van der Waals surface area contributed by atoms with E-state index in [1.807, 2.05) is 31.9 Å². The molecular formula is C24H25F2N5O. The first-order chi connectivity index (χ1) is 15.2. The van der Waals surface area contributed by atoms with Crippen molar-refractivity contribution in [2.45, 2.75) is 32.6 Å². The minimum Gasteiger partial charge on any atom is -0.371 e. The van der Waals surface area contributed by atoms with Crippen molar-refractivity contribution < 1.29 is 13.6 Å². The fourth-order valence-electron chi connectivity index (χ4n) is 4.31. The number of hydrogen-bond donors (Lipinski definition) is 1. The number of halogens is 2. The molecule has 0 saturated heterocycles. The molecule has 1 aromatic carbocycles. The molecule has 0 bridgehead atoms. The first-order valence-electron chi connectivity index (χ1n) is 10.4. The maximum atomic E-state index is 14.1. The van der Waals surface area contributed by atoms with E-state index in [-0.39, 0.29) is 17.6 Å². The topological polar surface area (TPSA) is 71.0 Å². The molecule has 166 valence electrons. The first-order valence-corrected chi connectivity index (χ1v) is 10.4. The molecular weight excluding hydrogens is 412 g/mol. The highest BCUT2D eigenvalue weighted by atomic mass is 19.1. The number of aryl methyl sites for hydroxylation is 3. The molecule has 1 amide bonds. The van der Waals surface area contributed by atoms with Gasteiger partial charge in [-0.25, -0.2) is 23.7 Å². The van der Waals surface area contributed by atoms with E-state index in [1.54, 1.807) is 19.2 Å². The Morgan fingerprint density at radius 3 is 2.66 bits per heavy atom. The molecule has 1 unspecified atom stereocenters. The second kappa shape index (κ2) is 8.26. The van der Waals surface area contributed by atoms with E-state index in [0.717, 1.165) is 23.1 Å². The lowest BCUT2D eigenvalue weighted by molar-refractivity contribution is -0.117. The molecule has 32 heavy (non-hydrogen) atoms. The highest BCUT2D eigenvalue weighted by molar-refractivity contribution is 5.95. The van der Waals surface area contributed by atoms with Crippen LogP contribution < -0.4 is 10.2 Å². The number of aromatic nitrogens is 3. The zero-order valence-corrected chi connectivity index (χ0v) is 18.5. The Labute approximate surface area is 185 Å². The van der Waals surface area contributed by atoms with Crippen LogP contribution in [0.2, 0.25) is 0 Å². The van der Waals surface area contributed by atoms with Gasteiger partial charge in [0.2, 0.25) is 5.91 Å². The van der Waals surface area contributed by atoms with Crippen LogP contribution in [-0.2, 0) is 10.2 Å². The molecule has 2 aromatic heterocycles. The van der Waals surface area contributed by atoms with Crippen molar-refractivity contribution in [3.63, 3.8) is 0 Å². The van der Waals surface area contributed by atoms with Crippen molar-refractivity contribution in [1.82, 2.24) is 15.0 Å². The molecule has 6 nitrogen and oxygen atoms in total. The number of carbonyl (C=O) groups excluding carboxylic acids is 1. The molecule has 3 aromatic rings. The maximum absolute atomic E-state index is 14.1. The van der Waals surface area contributed by atoms with E-state index in [0.29, 0.717) is 30.2 Å². The van der Waals surface area contributed by atoms with Gasteiger partial charge in [0.1, 0.15) is 23.3 Å². The van der Waals surface area contributed by atoms with Crippen LogP contribution in [0.4, 0.5) is 20.3 Å². The van der Waals surface area contributed by atoms with Gasteiger partial charge < -0.3 is 10.2 Å². The van der Waals surface area contributed by atoms with Gasteiger partial charge in [0.05, 0.1) is 29.7 Å². The van der Waals surface area contributed by atoms with Gasteiger partial charge in [0, 0.05) is 19.0 Å². The van der Waals surface area contributed by atoms with Crippen LogP contribution in [0.1, 0.15) is 29.1 Å². The monoisotopic (exact) mass is 437 g/mol. The van der Waals surface area contributed by atoms with Gasteiger partial charge in [0.25, 0.3) is 0 Å². The fraction of sp³-hybridized carbons (Fsp3) is 0.333. The molecule has 8 heteroatoms. The summed E-state index contributed by atoms with van der Waals surface area (Å²) in [5, 5.41) is 2.79. The Bertz CT molecular complexity index is 1180. The standard InChI is InChI=1S/C24H25F2N5O/c1-14-8-22(28-11-20(14)26)30-23(32)19-10-24(19,17-6-5-7-18(25)9-17)13-31(4)21-12-27-16(3)29-15(21)2/h5-9,11-12,19H,10,13H2,1-4H3,(H,28,30,32)/t19?,24-/m1/s1. The number of nitrogens with one attached hydrogen (secondary N) is 1. The minimum absolute atomic E-state index is 0.224. The van der Waals surface area contributed by atoms with Gasteiger partial charge >= 0.3 is 0 Å². The molecule has 2 heterocycles. The Kier molecular flexibility index (Phi) is 5.62. The predicted octanol–water partition coefficient (Wildman–Crippen LogP) is 4.11. The van der Waals surface area contributed by atoms with Crippen molar-refractivity contribution in [3.05, 3.63) is 77.0 Å². The Morgan fingerprint density at radius 2 is 1.97 bits per heavy atom. The Hall–Kier alpha value is -3.42. The number of nitrogens with zero attached hydrogens (tertiary/aromatic N) is 4. The van der Waals surface area contributed by atoms with Gasteiger partial charge in [-0.05, 0) is 56.5 Å². The third-order valence-corrected chi connectivity index (χ3v) is 6.09. The van der Waals surface area contributed by atoms with E-state index in [4.69, 9.17) is 0 Å². The van der Waals surface area contributed by atoms with Crippen LogP contribution in [0.5, 0.6) is 0 Å². The summed E-state index contributed by atoms with van der Waals surface area (Å²) in [6.45, 7) is 5.84. The van der Waals surface area contributed by atoms with Crippen LogP contribution in [-0.4, -0.2) is 34.5 Å². The number of amides is 1. The summed E-state index contributed by atoms with van der Waals surface area (Å²) < 4.78 is 27.6. The summed E-state index contributed by atoms with van der Waals surface area (Å²) in [5.41, 5.74) is 2.28. The van der Waals surface area contributed by atoms with E-state index < -0.39 is 11.2 Å². The van der Waals surface area contributed by atoms with Crippen molar-refractivity contribution in [3.8, 4) is 0 Å². The fourth-order valence-corrected chi connectivity index (χ4v) is 4.31. The van der Waals surface area contributed by atoms with Crippen LogP contribution in [0.3, 0.4) is 0 Å². The number of rotatable bonds is 6. The second-order valence-corrected chi connectivity index (χ2v) is 8.48. The summed E-state index contributed by atoms with van der Waals surface area (Å²) in [5.74, 6) is -0.402. The molecule has 1 saturated carbocycles. The first kappa shape index (κ1) is 21.8. The highest BCUT2D eigenvalue weighted by Gasteiger charge is 2.59. The van der Waals surface area contributed by atoms with Crippen molar-refractivity contribution in [1.29, 1.82) is 0 Å². The van der Waals surface area contributed by atoms with Crippen molar-refractivity contribution >= 4 is 17.4 Å². The van der Waals surface area contributed by atoms with Gasteiger partial charge in [-0.3, -0.25) is 4.79 Å².